The normalized spacial score (nSPS) is 11.5. The molecule has 0 heterocycles. The summed E-state index contributed by atoms with van der Waals surface area (Å²) in [7, 11) is 4.83. The second kappa shape index (κ2) is 8.97. The molecule has 1 N–H and O–H groups in total. The molecule has 0 saturated carbocycles. The van der Waals surface area contributed by atoms with Crippen LogP contribution >= 0.6 is 0 Å². The summed E-state index contributed by atoms with van der Waals surface area (Å²) in [6.45, 7) is 1.95. The lowest BCUT2D eigenvalue weighted by Crippen LogP contribution is -2.26. The van der Waals surface area contributed by atoms with Crippen LogP contribution in [0.3, 0.4) is 0 Å². The third-order valence-electron chi connectivity index (χ3n) is 4.08. The molecule has 1 amide bonds. The molecule has 1 unspecified atom stereocenters. The van der Waals surface area contributed by atoms with Gasteiger partial charge in [0.2, 0.25) is 5.91 Å². The van der Waals surface area contributed by atoms with Crippen LogP contribution < -0.4 is 19.5 Å². The van der Waals surface area contributed by atoms with Crippen LogP contribution in [0.25, 0.3) is 0 Å². The second-order valence-corrected chi connectivity index (χ2v) is 5.75. The molecule has 5 nitrogen and oxygen atoms in total. The zero-order chi connectivity index (χ0) is 18.2. The molecule has 134 valence electrons. The van der Waals surface area contributed by atoms with Crippen LogP contribution in [0.5, 0.6) is 17.2 Å². The van der Waals surface area contributed by atoms with Gasteiger partial charge in [-0.25, -0.2) is 0 Å². The monoisotopic (exact) mass is 343 g/mol. The molecule has 0 aliphatic carbocycles. The van der Waals surface area contributed by atoms with E-state index in [0.29, 0.717) is 24.3 Å². The summed E-state index contributed by atoms with van der Waals surface area (Å²) < 4.78 is 15.7. The van der Waals surface area contributed by atoms with E-state index in [1.807, 2.05) is 49.4 Å². The van der Waals surface area contributed by atoms with Gasteiger partial charge in [-0.2, -0.15) is 0 Å². The fourth-order valence-electron chi connectivity index (χ4n) is 2.57. The fourth-order valence-corrected chi connectivity index (χ4v) is 2.57. The van der Waals surface area contributed by atoms with Crippen LogP contribution in [0.2, 0.25) is 0 Å². The van der Waals surface area contributed by atoms with Crippen LogP contribution in [0, 0.1) is 0 Å². The van der Waals surface area contributed by atoms with Crippen LogP contribution in [0.1, 0.15) is 30.5 Å². The van der Waals surface area contributed by atoms with Crippen LogP contribution in [0.4, 0.5) is 0 Å². The minimum atomic E-state index is -0.108. The number of nitrogens with one attached hydrogen (secondary N) is 1. The number of hydrogen-bond donors (Lipinski definition) is 1. The Balaban J connectivity index is 1.90. The van der Waals surface area contributed by atoms with Gasteiger partial charge in [-0.15, -0.1) is 0 Å². The highest BCUT2D eigenvalue weighted by molar-refractivity contribution is 5.76. The molecule has 0 saturated heterocycles. The zero-order valence-corrected chi connectivity index (χ0v) is 15.2. The Hall–Kier alpha value is -2.69. The van der Waals surface area contributed by atoms with E-state index in [9.17, 15) is 4.79 Å². The van der Waals surface area contributed by atoms with Crippen molar-refractivity contribution in [2.45, 2.75) is 25.8 Å². The number of hydrogen-bond acceptors (Lipinski definition) is 4. The summed E-state index contributed by atoms with van der Waals surface area (Å²) in [6, 6.07) is 13.3. The van der Waals surface area contributed by atoms with E-state index in [-0.39, 0.29) is 11.9 Å². The first kappa shape index (κ1) is 18.6. The van der Waals surface area contributed by atoms with Gasteiger partial charge >= 0.3 is 0 Å². The molecule has 0 fully saturated rings. The minimum Gasteiger partial charge on any atom is -0.497 e. The Kier molecular flexibility index (Phi) is 6.69. The maximum atomic E-state index is 12.2. The molecular weight excluding hydrogens is 318 g/mol. The SMILES string of the molecule is COc1ccc(CCC(=O)NC(C)c2ccc(OC)c(OC)c2)cc1. The van der Waals surface area contributed by atoms with Crippen molar-refractivity contribution in [3.63, 3.8) is 0 Å². The summed E-state index contributed by atoms with van der Waals surface area (Å²) in [5.74, 6) is 2.15. The average molecular weight is 343 g/mol. The number of rotatable bonds is 8. The molecule has 5 heteroatoms. The number of carbonyl (C=O) groups is 1. The Bertz CT molecular complexity index is 697. The lowest BCUT2D eigenvalue weighted by molar-refractivity contribution is -0.121. The van der Waals surface area contributed by atoms with Crippen LogP contribution in [-0.2, 0) is 11.2 Å². The molecular formula is C20H25NO4. The highest BCUT2D eigenvalue weighted by Gasteiger charge is 2.12. The van der Waals surface area contributed by atoms with Gasteiger partial charge in [-0.1, -0.05) is 18.2 Å². The summed E-state index contributed by atoms with van der Waals surface area (Å²) in [5.41, 5.74) is 2.07. The largest absolute Gasteiger partial charge is 0.497 e. The van der Waals surface area contributed by atoms with Crippen LogP contribution in [0.15, 0.2) is 42.5 Å². The van der Waals surface area contributed by atoms with Gasteiger partial charge in [0.15, 0.2) is 11.5 Å². The predicted molar refractivity (Wildman–Crippen MR) is 97.4 cm³/mol. The van der Waals surface area contributed by atoms with E-state index in [1.165, 1.54) is 0 Å². The van der Waals surface area contributed by atoms with Crippen molar-refractivity contribution in [1.29, 1.82) is 0 Å². The summed E-state index contributed by atoms with van der Waals surface area (Å²) >= 11 is 0. The van der Waals surface area contributed by atoms with Gasteiger partial charge in [0, 0.05) is 6.42 Å². The van der Waals surface area contributed by atoms with Crippen molar-refractivity contribution in [2.24, 2.45) is 0 Å². The van der Waals surface area contributed by atoms with Crippen LogP contribution in [-0.4, -0.2) is 27.2 Å². The number of aryl methyl sites for hydroxylation is 1. The number of benzene rings is 2. The topological polar surface area (TPSA) is 56.8 Å². The fraction of sp³-hybridized carbons (Fsp3) is 0.350. The van der Waals surface area contributed by atoms with Crippen molar-refractivity contribution >= 4 is 5.91 Å². The van der Waals surface area contributed by atoms with Gasteiger partial charge in [0.1, 0.15) is 5.75 Å². The van der Waals surface area contributed by atoms with E-state index in [1.54, 1.807) is 21.3 Å². The van der Waals surface area contributed by atoms with Gasteiger partial charge in [0.05, 0.1) is 27.4 Å². The molecule has 0 bridgehead atoms. The van der Waals surface area contributed by atoms with E-state index in [4.69, 9.17) is 14.2 Å². The first-order chi connectivity index (χ1) is 12.1. The van der Waals surface area contributed by atoms with E-state index in [2.05, 4.69) is 5.32 Å². The standard InChI is InChI=1S/C20H25NO4/c1-14(16-8-11-18(24-3)19(13-16)25-4)21-20(22)12-7-15-5-9-17(23-2)10-6-15/h5-6,8-11,13-14H,7,12H2,1-4H3,(H,21,22). The molecule has 0 aliphatic rings. The third kappa shape index (κ3) is 5.14. The lowest BCUT2D eigenvalue weighted by Gasteiger charge is -2.16. The molecule has 2 rings (SSSR count). The molecule has 0 spiro atoms. The molecule has 2 aromatic carbocycles. The number of ether oxygens (including phenoxy) is 3. The van der Waals surface area contributed by atoms with Gasteiger partial charge in [-0.3, -0.25) is 4.79 Å². The highest BCUT2D eigenvalue weighted by Crippen LogP contribution is 2.29. The van der Waals surface area contributed by atoms with Crippen molar-refractivity contribution in [3.8, 4) is 17.2 Å². The first-order valence-electron chi connectivity index (χ1n) is 8.21. The smallest absolute Gasteiger partial charge is 0.220 e. The van der Waals surface area contributed by atoms with Crippen molar-refractivity contribution in [1.82, 2.24) is 5.32 Å². The molecule has 0 aliphatic heterocycles. The maximum Gasteiger partial charge on any atom is 0.220 e. The number of carbonyl (C=O) groups excluding carboxylic acids is 1. The molecule has 25 heavy (non-hydrogen) atoms. The lowest BCUT2D eigenvalue weighted by atomic mass is 10.1. The number of amides is 1. The Morgan fingerprint density at radius 3 is 2.24 bits per heavy atom. The average Bonchev–Trinajstić information content (AvgIpc) is 2.66. The molecule has 0 radical (unpaired) electrons. The third-order valence-corrected chi connectivity index (χ3v) is 4.08. The van der Waals surface area contributed by atoms with E-state index < -0.39 is 0 Å². The Morgan fingerprint density at radius 2 is 1.64 bits per heavy atom. The minimum absolute atomic E-state index is 0.0121. The van der Waals surface area contributed by atoms with Crippen molar-refractivity contribution < 1.29 is 19.0 Å². The molecule has 0 aromatic heterocycles. The summed E-state index contributed by atoms with van der Waals surface area (Å²) in [6.07, 6.45) is 1.12. The van der Waals surface area contributed by atoms with Gasteiger partial charge in [-0.05, 0) is 48.7 Å². The maximum absolute atomic E-state index is 12.2. The predicted octanol–water partition coefficient (Wildman–Crippen LogP) is 3.52. The number of methoxy groups -OCH3 is 3. The highest BCUT2D eigenvalue weighted by atomic mass is 16.5. The van der Waals surface area contributed by atoms with E-state index in [0.717, 1.165) is 16.9 Å². The molecule has 1 atom stereocenters. The Morgan fingerprint density at radius 1 is 0.960 bits per heavy atom. The quantitative estimate of drug-likeness (QED) is 0.797. The van der Waals surface area contributed by atoms with Crippen molar-refractivity contribution in [2.75, 3.05) is 21.3 Å². The Labute approximate surface area is 148 Å². The zero-order valence-electron chi connectivity index (χ0n) is 15.2. The first-order valence-corrected chi connectivity index (χ1v) is 8.21. The second-order valence-electron chi connectivity index (χ2n) is 5.75. The van der Waals surface area contributed by atoms with E-state index >= 15 is 0 Å². The van der Waals surface area contributed by atoms with Gasteiger partial charge < -0.3 is 19.5 Å². The van der Waals surface area contributed by atoms with Crippen molar-refractivity contribution in [3.05, 3.63) is 53.6 Å². The summed E-state index contributed by atoms with van der Waals surface area (Å²) in [5, 5.41) is 3.02. The van der Waals surface area contributed by atoms with Gasteiger partial charge in [0.25, 0.3) is 0 Å². The molecule has 2 aromatic rings. The summed E-state index contributed by atoms with van der Waals surface area (Å²) in [4.78, 5) is 12.2.